The standard InChI is InChI=1S/C22H27BrN2O2S/c1-22(2,3)15-9-11-16(12-10-15)24-21(27)19(13-14-28-4)25-20(26)17-7-5-6-8-18(17)23/h5-12,19H,13-14H2,1-4H3,(H,24,27)(H,25,26). The Morgan fingerprint density at radius 2 is 1.71 bits per heavy atom. The van der Waals surface area contributed by atoms with Gasteiger partial charge in [0, 0.05) is 10.2 Å². The van der Waals surface area contributed by atoms with Gasteiger partial charge in [0.25, 0.3) is 5.91 Å². The molecule has 1 unspecified atom stereocenters. The number of rotatable bonds is 7. The lowest BCUT2D eigenvalue weighted by atomic mass is 9.87. The van der Waals surface area contributed by atoms with Crippen LogP contribution in [0.1, 0.15) is 43.1 Å². The summed E-state index contributed by atoms with van der Waals surface area (Å²) in [5.74, 6) is 0.298. The van der Waals surface area contributed by atoms with Crippen LogP contribution in [-0.2, 0) is 10.2 Å². The average molecular weight is 463 g/mol. The van der Waals surface area contributed by atoms with Crippen molar-refractivity contribution in [2.45, 2.75) is 38.6 Å². The Morgan fingerprint density at radius 3 is 2.29 bits per heavy atom. The van der Waals surface area contributed by atoms with E-state index in [1.165, 1.54) is 5.56 Å². The van der Waals surface area contributed by atoms with E-state index in [0.717, 1.165) is 11.4 Å². The minimum absolute atomic E-state index is 0.0560. The molecule has 0 spiro atoms. The number of nitrogens with one attached hydrogen (secondary N) is 2. The Labute approximate surface area is 180 Å². The third-order valence-electron chi connectivity index (χ3n) is 4.37. The second-order valence-corrected chi connectivity index (χ2v) is 9.44. The van der Waals surface area contributed by atoms with Gasteiger partial charge in [0.1, 0.15) is 6.04 Å². The number of hydrogen-bond donors (Lipinski definition) is 2. The smallest absolute Gasteiger partial charge is 0.253 e. The van der Waals surface area contributed by atoms with Crippen molar-refractivity contribution >= 4 is 45.2 Å². The largest absolute Gasteiger partial charge is 0.340 e. The second kappa shape index (κ2) is 10.1. The first-order chi connectivity index (χ1) is 13.2. The summed E-state index contributed by atoms with van der Waals surface area (Å²) in [7, 11) is 0. The first kappa shape index (κ1) is 22.5. The zero-order chi connectivity index (χ0) is 20.7. The molecule has 150 valence electrons. The van der Waals surface area contributed by atoms with Gasteiger partial charge in [-0.25, -0.2) is 0 Å². The van der Waals surface area contributed by atoms with E-state index in [0.29, 0.717) is 16.5 Å². The minimum atomic E-state index is -0.602. The molecule has 1 atom stereocenters. The number of halogens is 1. The predicted molar refractivity (Wildman–Crippen MR) is 122 cm³/mol. The SMILES string of the molecule is CSCCC(NC(=O)c1ccccc1Br)C(=O)Nc1ccc(C(C)(C)C)cc1. The van der Waals surface area contributed by atoms with Gasteiger partial charge in [-0.05, 0) is 69.6 Å². The summed E-state index contributed by atoms with van der Waals surface area (Å²) in [5.41, 5.74) is 2.49. The van der Waals surface area contributed by atoms with Gasteiger partial charge in [0.2, 0.25) is 5.91 Å². The summed E-state index contributed by atoms with van der Waals surface area (Å²) >= 11 is 5.03. The molecule has 0 saturated heterocycles. The van der Waals surface area contributed by atoms with Crippen molar-refractivity contribution in [1.82, 2.24) is 5.32 Å². The summed E-state index contributed by atoms with van der Waals surface area (Å²) in [6, 6.07) is 14.4. The molecule has 0 bridgehead atoms. The Kier molecular flexibility index (Phi) is 8.13. The molecule has 0 aliphatic carbocycles. The van der Waals surface area contributed by atoms with Crippen LogP contribution in [0.2, 0.25) is 0 Å². The molecular formula is C22H27BrN2O2S. The molecule has 0 aliphatic rings. The quantitative estimate of drug-likeness (QED) is 0.591. The van der Waals surface area contributed by atoms with Crippen molar-refractivity contribution in [3.05, 3.63) is 64.1 Å². The van der Waals surface area contributed by atoms with Crippen molar-refractivity contribution in [1.29, 1.82) is 0 Å². The number of anilines is 1. The maximum Gasteiger partial charge on any atom is 0.253 e. The van der Waals surface area contributed by atoms with Crippen molar-refractivity contribution in [3.63, 3.8) is 0 Å². The molecule has 2 amide bonds. The van der Waals surface area contributed by atoms with Gasteiger partial charge in [-0.3, -0.25) is 9.59 Å². The predicted octanol–water partition coefficient (Wildman–Crippen LogP) is 5.24. The molecule has 28 heavy (non-hydrogen) atoms. The van der Waals surface area contributed by atoms with Crippen LogP contribution in [-0.4, -0.2) is 29.9 Å². The van der Waals surface area contributed by atoms with Crippen molar-refractivity contribution in [3.8, 4) is 0 Å². The molecule has 2 rings (SSSR count). The Balaban J connectivity index is 2.10. The van der Waals surface area contributed by atoms with Crippen LogP contribution in [0.3, 0.4) is 0 Å². The highest BCUT2D eigenvalue weighted by molar-refractivity contribution is 9.10. The molecule has 0 aromatic heterocycles. The molecule has 0 fully saturated rings. The second-order valence-electron chi connectivity index (χ2n) is 7.60. The lowest BCUT2D eigenvalue weighted by Crippen LogP contribution is -2.44. The molecule has 6 heteroatoms. The van der Waals surface area contributed by atoms with Gasteiger partial charge in [0.15, 0.2) is 0 Å². The Morgan fingerprint density at radius 1 is 1.07 bits per heavy atom. The number of hydrogen-bond acceptors (Lipinski definition) is 3. The van der Waals surface area contributed by atoms with E-state index in [2.05, 4.69) is 47.3 Å². The highest BCUT2D eigenvalue weighted by atomic mass is 79.9. The topological polar surface area (TPSA) is 58.2 Å². The lowest BCUT2D eigenvalue weighted by Gasteiger charge is -2.21. The summed E-state index contributed by atoms with van der Waals surface area (Å²) in [5, 5.41) is 5.80. The molecule has 0 saturated carbocycles. The van der Waals surface area contributed by atoms with Crippen LogP contribution in [0.5, 0.6) is 0 Å². The number of amides is 2. The van der Waals surface area contributed by atoms with E-state index in [1.54, 1.807) is 23.9 Å². The number of benzene rings is 2. The van der Waals surface area contributed by atoms with E-state index in [4.69, 9.17) is 0 Å². The van der Waals surface area contributed by atoms with E-state index >= 15 is 0 Å². The van der Waals surface area contributed by atoms with E-state index in [1.807, 2.05) is 42.7 Å². The lowest BCUT2D eigenvalue weighted by molar-refractivity contribution is -0.118. The van der Waals surface area contributed by atoms with Gasteiger partial charge >= 0.3 is 0 Å². The van der Waals surface area contributed by atoms with Crippen LogP contribution < -0.4 is 10.6 Å². The highest BCUT2D eigenvalue weighted by Crippen LogP contribution is 2.23. The summed E-state index contributed by atoms with van der Waals surface area (Å²) in [6.45, 7) is 6.45. The van der Waals surface area contributed by atoms with Gasteiger partial charge in [-0.2, -0.15) is 11.8 Å². The molecule has 0 radical (unpaired) electrons. The molecule has 2 aromatic rings. The molecule has 2 N–H and O–H groups in total. The maximum atomic E-state index is 12.8. The third-order valence-corrected chi connectivity index (χ3v) is 5.70. The van der Waals surface area contributed by atoms with Crippen LogP contribution in [0.4, 0.5) is 5.69 Å². The van der Waals surface area contributed by atoms with Crippen LogP contribution in [0.25, 0.3) is 0 Å². The monoisotopic (exact) mass is 462 g/mol. The zero-order valence-corrected chi connectivity index (χ0v) is 19.1. The van der Waals surface area contributed by atoms with Gasteiger partial charge < -0.3 is 10.6 Å². The molecular weight excluding hydrogens is 436 g/mol. The fraction of sp³-hybridized carbons (Fsp3) is 0.364. The number of carbonyl (C=O) groups excluding carboxylic acids is 2. The fourth-order valence-corrected chi connectivity index (χ4v) is 3.61. The highest BCUT2D eigenvalue weighted by Gasteiger charge is 2.22. The summed E-state index contributed by atoms with van der Waals surface area (Å²) < 4.78 is 0.703. The third kappa shape index (κ3) is 6.38. The molecule has 0 aliphatic heterocycles. The number of carbonyl (C=O) groups is 2. The normalized spacial score (nSPS) is 12.3. The van der Waals surface area contributed by atoms with Crippen LogP contribution in [0, 0.1) is 0 Å². The van der Waals surface area contributed by atoms with Gasteiger partial charge in [-0.15, -0.1) is 0 Å². The summed E-state index contributed by atoms with van der Waals surface area (Å²) in [6.07, 6.45) is 2.54. The van der Waals surface area contributed by atoms with Crippen molar-refractivity contribution in [2.75, 3.05) is 17.3 Å². The summed E-state index contributed by atoms with van der Waals surface area (Å²) in [4.78, 5) is 25.4. The van der Waals surface area contributed by atoms with Gasteiger partial charge in [0.05, 0.1) is 5.56 Å². The molecule has 0 heterocycles. The van der Waals surface area contributed by atoms with E-state index in [9.17, 15) is 9.59 Å². The Hall–Kier alpha value is -1.79. The molecule has 4 nitrogen and oxygen atoms in total. The van der Waals surface area contributed by atoms with Crippen molar-refractivity contribution < 1.29 is 9.59 Å². The van der Waals surface area contributed by atoms with E-state index in [-0.39, 0.29) is 17.2 Å². The van der Waals surface area contributed by atoms with Crippen LogP contribution >= 0.6 is 27.7 Å². The van der Waals surface area contributed by atoms with Crippen LogP contribution in [0.15, 0.2) is 53.0 Å². The fourth-order valence-electron chi connectivity index (χ4n) is 2.67. The average Bonchev–Trinajstić information content (AvgIpc) is 2.65. The zero-order valence-electron chi connectivity index (χ0n) is 16.7. The number of thioether (sulfide) groups is 1. The maximum absolute atomic E-state index is 12.8. The van der Waals surface area contributed by atoms with Crippen molar-refractivity contribution in [2.24, 2.45) is 0 Å². The first-order valence-electron chi connectivity index (χ1n) is 9.18. The molecule has 2 aromatic carbocycles. The Bertz CT molecular complexity index is 816. The first-order valence-corrected chi connectivity index (χ1v) is 11.4. The minimum Gasteiger partial charge on any atom is -0.340 e. The van der Waals surface area contributed by atoms with E-state index < -0.39 is 6.04 Å². The van der Waals surface area contributed by atoms with Gasteiger partial charge in [-0.1, -0.05) is 45.0 Å².